The summed E-state index contributed by atoms with van der Waals surface area (Å²) in [5.74, 6) is 1.30. The van der Waals surface area contributed by atoms with Crippen LogP contribution < -0.4 is 5.32 Å². The number of nitrogens with one attached hydrogen (secondary N) is 1. The topological polar surface area (TPSA) is 58.4 Å². The molecule has 2 fully saturated rings. The van der Waals surface area contributed by atoms with Gasteiger partial charge in [0.1, 0.15) is 0 Å². The molecule has 1 aromatic heterocycles. The van der Waals surface area contributed by atoms with Gasteiger partial charge in [0.2, 0.25) is 0 Å². The molecule has 2 aromatic rings. The Hall–Kier alpha value is -2.14. The lowest BCUT2D eigenvalue weighted by molar-refractivity contribution is 0.0875. The summed E-state index contributed by atoms with van der Waals surface area (Å²) < 4.78 is 5.69. The molecule has 1 aromatic carbocycles. The van der Waals surface area contributed by atoms with Crippen molar-refractivity contribution in [2.45, 2.75) is 25.8 Å². The SMILES string of the molecule is Cc1ccccc1-c1cnc(C(=O)N[C@@H]2C[C@H]3CCN(C3)C2)o1. The van der Waals surface area contributed by atoms with Gasteiger partial charge in [-0.15, -0.1) is 0 Å². The van der Waals surface area contributed by atoms with E-state index in [2.05, 4.69) is 15.2 Å². The number of hydrogen-bond acceptors (Lipinski definition) is 4. The van der Waals surface area contributed by atoms with E-state index in [1.807, 2.05) is 31.2 Å². The minimum absolute atomic E-state index is 0.149. The molecular weight excluding hydrogens is 290 g/mol. The van der Waals surface area contributed by atoms with Crippen molar-refractivity contribution < 1.29 is 9.21 Å². The van der Waals surface area contributed by atoms with E-state index in [0.29, 0.717) is 5.76 Å². The fraction of sp³-hybridized carbons (Fsp3) is 0.444. The van der Waals surface area contributed by atoms with E-state index in [-0.39, 0.29) is 17.8 Å². The van der Waals surface area contributed by atoms with Crippen molar-refractivity contribution in [2.75, 3.05) is 19.6 Å². The minimum atomic E-state index is -0.211. The summed E-state index contributed by atoms with van der Waals surface area (Å²) in [6.45, 7) is 5.30. The van der Waals surface area contributed by atoms with E-state index in [9.17, 15) is 4.79 Å². The number of fused-ring (bicyclic) bond motifs is 2. The van der Waals surface area contributed by atoms with Gasteiger partial charge < -0.3 is 14.6 Å². The van der Waals surface area contributed by atoms with Crippen molar-refractivity contribution in [3.05, 3.63) is 41.9 Å². The van der Waals surface area contributed by atoms with Gasteiger partial charge >= 0.3 is 5.91 Å². The highest BCUT2D eigenvalue weighted by atomic mass is 16.4. The molecule has 3 heterocycles. The zero-order valence-corrected chi connectivity index (χ0v) is 13.3. The Morgan fingerprint density at radius 1 is 1.35 bits per heavy atom. The van der Waals surface area contributed by atoms with E-state index < -0.39 is 0 Å². The maximum atomic E-state index is 12.4. The normalized spacial score (nSPS) is 26.2. The van der Waals surface area contributed by atoms with Crippen LogP contribution in [0.25, 0.3) is 11.3 Å². The largest absolute Gasteiger partial charge is 0.432 e. The molecule has 4 rings (SSSR count). The van der Waals surface area contributed by atoms with Crippen LogP contribution in [0, 0.1) is 12.8 Å². The zero-order chi connectivity index (χ0) is 15.8. The predicted molar refractivity (Wildman–Crippen MR) is 87.1 cm³/mol. The van der Waals surface area contributed by atoms with Gasteiger partial charge in [0.25, 0.3) is 5.89 Å². The molecule has 2 aliphatic rings. The van der Waals surface area contributed by atoms with Crippen LogP contribution in [0.15, 0.2) is 34.9 Å². The number of rotatable bonds is 3. The monoisotopic (exact) mass is 311 g/mol. The van der Waals surface area contributed by atoms with Crippen LogP contribution in [0.2, 0.25) is 0 Å². The first-order chi connectivity index (χ1) is 11.2. The Balaban J connectivity index is 1.46. The van der Waals surface area contributed by atoms with Gasteiger partial charge in [-0.1, -0.05) is 24.3 Å². The minimum Gasteiger partial charge on any atom is -0.432 e. The lowest BCUT2D eigenvalue weighted by Gasteiger charge is -2.30. The summed E-state index contributed by atoms with van der Waals surface area (Å²) in [5, 5.41) is 3.08. The molecule has 5 nitrogen and oxygen atoms in total. The highest BCUT2D eigenvalue weighted by Crippen LogP contribution is 2.27. The van der Waals surface area contributed by atoms with Crippen LogP contribution in [-0.2, 0) is 0 Å². The zero-order valence-electron chi connectivity index (χ0n) is 13.3. The van der Waals surface area contributed by atoms with Crippen LogP contribution in [0.1, 0.15) is 29.1 Å². The molecule has 2 saturated heterocycles. The quantitative estimate of drug-likeness (QED) is 0.946. The smallest absolute Gasteiger partial charge is 0.307 e. The Morgan fingerprint density at radius 3 is 3.04 bits per heavy atom. The molecule has 3 atom stereocenters. The van der Waals surface area contributed by atoms with Gasteiger partial charge in [-0.2, -0.15) is 0 Å². The number of aromatic nitrogens is 1. The number of piperidine rings is 1. The van der Waals surface area contributed by atoms with Crippen LogP contribution in [0.4, 0.5) is 0 Å². The van der Waals surface area contributed by atoms with Crippen molar-refractivity contribution in [1.29, 1.82) is 0 Å². The van der Waals surface area contributed by atoms with Crippen molar-refractivity contribution >= 4 is 5.91 Å². The van der Waals surface area contributed by atoms with Gasteiger partial charge in [-0.25, -0.2) is 4.98 Å². The lowest BCUT2D eigenvalue weighted by atomic mass is 9.97. The third-order valence-corrected chi connectivity index (χ3v) is 4.91. The van der Waals surface area contributed by atoms with E-state index in [1.165, 1.54) is 13.0 Å². The van der Waals surface area contributed by atoms with Crippen molar-refractivity contribution in [1.82, 2.24) is 15.2 Å². The predicted octanol–water partition coefficient (Wildman–Crippen LogP) is 2.47. The van der Waals surface area contributed by atoms with Gasteiger partial charge in [-0.3, -0.25) is 4.79 Å². The van der Waals surface area contributed by atoms with E-state index in [4.69, 9.17) is 4.42 Å². The summed E-state index contributed by atoms with van der Waals surface area (Å²) in [5.41, 5.74) is 2.08. The fourth-order valence-electron chi connectivity index (χ4n) is 3.76. The van der Waals surface area contributed by atoms with E-state index in [0.717, 1.165) is 36.6 Å². The first kappa shape index (κ1) is 14.5. The van der Waals surface area contributed by atoms with Gasteiger partial charge in [0.15, 0.2) is 5.76 Å². The highest BCUT2D eigenvalue weighted by Gasteiger charge is 2.33. The second-order valence-electron chi connectivity index (χ2n) is 6.66. The Bertz CT molecular complexity index is 713. The van der Waals surface area contributed by atoms with Crippen LogP contribution in [0.5, 0.6) is 0 Å². The summed E-state index contributed by atoms with van der Waals surface area (Å²) in [6.07, 6.45) is 3.95. The van der Waals surface area contributed by atoms with Gasteiger partial charge in [0.05, 0.1) is 6.20 Å². The van der Waals surface area contributed by atoms with Gasteiger partial charge in [-0.05, 0) is 37.8 Å². The molecule has 2 bridgehead atoms. The molecule has 0 aliphatic carbocycles. The maximum absolute atomic E-state index is 12.4. The number of carbonyl (C=O) groups is 1. The Kier molecular flexibility index (Phi) is 3.65. The van der Waals surface area contributed by atoms with E-state index in [1.54, 1.807) is 6.20 Å². The molecule has 5 heteroatoms. The average molecular weight is 311 g/mol. The molecule has 1 N–H and O–H groups in total. The summed E-state index contributed by atoms with van der Waals surface area (Å²) >= 11 is 0. The fourth-order valence-corrected chi connectivity index (χ4v) is 3.76. The number of nitrogens with zero attached hydrogens (tertiary/aromatic N) is 2. The van der Waals surface area contributed by atoms with Crippen molar-refractivity contribution in [2.24, 2.45) is 5.92 Å². The summed E-state index contributed by atoms with van der Waals surface area (Å²) in [4.78, 5) is 19.0. The second-order valence-corrected chi connectivity index (χ2v) is 6.66. The Labute approximate surface area is 135 Å². The molecule has 23 heavy (non-hydrogen) atoms. The third-order valence-electron chi connectivity index (χ3n) is 4.91. The van der Waals surface area contributed by atoms with Crippen molar-refractivity contribution in [3.8, 4) is 11.3 Å². The molecular formula is C18H21N3O2. The number of aryl methyl sites for hydroxylation is 1. The standard InChI is InChI=1S/C18H21N3O2/c1-12-4-2-3-5-15(12)16-9-19-18(23-16)17(22)20-14-8-13-6-7-21(10-13)11-14/h2-5,9,13-14H,6-8,10-11H2,1H3,(H,20,22)/t13-,14-/m1/s1. The second kappa shape index (κ2) is 5.81. The van der Waals surface area contributed by atoms with Gasteiger partial charge in [0, 0.05) is 24.7 Å². The molecule has 0 radical (unpaired) electrons. The molecule has 1 unspecified atom stereocenters. The Morgan fingerprint density at radius 2 is 2.22 bits per heavy atom. The maximum Gasteiger partial charge on any atom is 0.307 e. The van der Waals surface area contributed by atoms with Crippen LogP contribution in [0.3, 0.4) is 0 Å². The number of carbonyl (C=O) groups excluding carboxylic acids is 1. The summed E-state index contributed by atoms with van der Waals surface area (Å²) in [6, 6.07) is 8.14. The van der Waals surface area contributed by atoms with Crippen LogP contribution in [-0.4, -0.2) is 41.5 Å². The van der Waals surface area contributed by atoms with Crippen LogP contribution >= 0.6 is 0 Å². The highest BCUT2D eigenvalue weighted by molar-refractivity contribution is 5.90. The molecule has 1 amide bonds. The number of benzene rings is 1. The lowest BCUT2D eigenvalue weighted by Crippen LogP contribution is -2.47. The average Bonchev–Trinajstić information content (AvgIpc) is 3.15. The number of amides is 1. The first-order valence-electron chi connectivity index (χ1n) is 8.24. The molecule has 0 spiro atoms. The number of oxazole rings is 1. The first-order valence-corrected chi connectivity index (χ1v) is 8.24. The molecule has 120 valence electrons. The summed E-state index contributed by atoms with van der Waals surface area (Å²) in [7, 11) is 0. The third kappa shape index (κ3) is 2.88. The van der Waals surface area contributed by atoms with Crippen molar-refractivity contribution in [3.63, 3.8) is 0 Å². The number of hydrogen-bond donors (Lipinski definition) is 1. The molecule has 0 saturated carbocycles. The molecule has 2 aliphatic heterocycles. The van der Waals surface area contributed by atoms with E-state index >= 15 is 0 Å².